The number of para-hydroxylation sites is 1. The van der Waals surface area contributed by atoms with Crippen molar-refractivity contribution in [1.29, 1.82) is 0 Å². The molecule has 2 heterocycles. The van der Waals surface area contributed by atoms with Gasteiger partial charge in [-0.1, -0.05) is 35.9 Å². The first-order chi connectivity index (χ1) is 12.6. The monoisotopic (exact) mass is 392 g/mol. The van der Waals surface area contributed by atoms with Gasteiger partial charge < -0.3 is 4.74 Å². The van der Waals surface area contributed by atoms with Crippen LogP contribution in [0.4, 0.5) is 0 Å². The van der Waals surface area contributed by atoms with E-state index in [1.807, 2.05) is 18.2 Å². The van der Waals surface area contributed by atoms with E-state index >= 15 is 0 Å². The third kappa shape index (κ3) is 3.34. The quantitative estimate of drug-likeness (QED) is 0.805. The maximum Gasteiger partial charge on any atom is 0.243 e. The van der Waals surface area contributed by atoms with Gasteiger partial charge in [0.05, 0.1) is 11.5 Å². The average molecular weight is 393 g/mol. The third-order valence-electron chi connectivity index (χ3n) is 5.07. The predicted octanol–water partition coefficient (Wildman–Crippen LogP) is 3.17. The number of sulfonamides is 1. The lowest BCUT2D eigenvalue weighted by molar-refractivity contribution is 0.103. The van der Waals surface area contributed by atoms with Gasteiger partial charge in [0.15, 0.2) is 0 Å². The van der Waals surface area contributed by atoms with Crippen molar-refractivity contribution in [1.82, 2.24) is 9.21 Å². The number of hydrogen-bond acceptors (Lipinski definition) is 4. The largest absolute Gasteiger partial charge is 0.493 e. The number of fused-ring (bicyclic) bond motifs is 1. The number of nitrogens with zero attached hydrogens (tertiary/aromatic N) is 2. The van der Waals surface area contributed by atoms with Crippen molar-refractivity contribution in [2.45, 2.75) is 17.4 Å². The van der Waals surface area contributed by atoms with E-state index in [4.69, 9.17) is 16.3 Å². The van der Waals surface area contributed by atoms with Crippen LogP contribution in [0, 0.1) is 0 Å². The Morgan fingerprint density at radius 3 is 2.54 bits per heavy atom. The molecular weight excluding hydrogens is 372 g/mol. The van der Waals surface area contributed by atoms with E-state index in [1.165, 1.54) is 11.6 Å². The van der Waals surface area contributed by atoms with Crippen LogP contribution in [0.3, 0.4) is 0 Å². The van der Waals surface area contributed by atoms with Gasteiger partial charge in [0, 0.05) is 49.2 Å². The minimum atomic E-state index is -3.50. The highest BCUT2D eigenvalue weighted by atomic mass is 35.5. The van der Waals surface area contributed by atoms with Crippen molar-refractivity contribution in [3.05, 3.63) is 59.1 Å². The number of hydrogen-bond donors (Lipinski definition) is 0. The SMILES string of the molecule is O=S(=O)(c1cccc(Cl)c1)N1CCN(C2CCOc3ccccc32)CC1. The molecule has 7 heteroatoms. The van der Waals surface area contributed by atoms with E-state index in [1.54, 1.807) is 22.5 Å². The van der Waals surface area contributed by atoms with Gasteiger partial charge in [-0.3, -0.25) is 4.90 Å². The highest BCUT2D eigenvalue weighted by molar-refractivity contribution is 7.89. The molecule has 1 unspecified atom stereocenters. The maximum atomic E-state index is 12.8. The molecule has 0 spiro atoms. The van der Waals surface area contributed by atoms with E-state index in [-0.39, 0.29) is 10.9 Å². The van der Waals surface area contributed by atoms with Gasteiger partial charge in [-0.2, -0.15) is 4.31 Å². The van der Waals surface area contributed by atoms with Gasteiger partial charge in [0.25, 0.3) is 0 Å². The van der Waals surface area contributed by atoms with E-state index in [0.717, 1.165) is 12.2 Å². The number of ether oxygens (including phenoxy) is 1. The van der Waals surface area contributed by atoms with E-state index < -0.39 is 10.0 Å². The molecule has 0 saturated carbocycles. The van der Waals surface area contributed by atoms with Gasteiger partial charge in [0.2, 0.25) is 10.0 Å². The van der Waals surface area contributed by atoms with Crippen LogP contribution in [-0.4, -0.2) is 50.4 Å². The molecule has 2 aromatic rings. The number of halogens is 1. The summed E-state index contributed by atoms with van der Waals surface area (Å²) < 4.78 is 33.0. The molecule has 1 atom stereocenters. The smallest absolute Gasteiger partial charge is 0.243 e. The summed E-state index contributed by atoms with van der Waals surface area (Å²) in [5, 5.41) is 0.434. The molecule has 4 rings (SSSR count). The molecule has 1 fully saturated rings. The first kappa shape index (κ1) is 17.8. The lowest BCUT2D eigenvalue weighted by Crippen LogP contribution is -2.50. The number of benzene rings is 2. The highest BCUT2D eigenvalue weighted by Crippen LogP contribution is 2.36. The van der Waals surface area contributed by atoms with Gasteiger partial charge >= 0.3 is 0 Å². The zero-order chi connectivity index (χ0) is 18.1. The standard InChI is InChI=1S/C19H21ClN2O3S/c20-15-4-3-5-16(14-15)26(23,24)22-11-9-21(10-12-22)18-8-13-25-19-7-2-1-6-17(18)19/h1-7,14,18H,8-13H2. The Morgan fingerprint density at radius 2 is 1.77 bits per heavy atom. The Bertz CT molecular complexity index is 895. The van der Waals surface area contributed by atoms with Crippen LogP contribution in [0.15, 0.2) is 53.4 Å². The predicted molar refractivity (Wildman–Crippen MR) is 101 cm³/mol. The van der Waals surface area contributed by atoms with Crippen molar-refractivity contribution in [3.63, 3.8) is 0 Å². The Balaban J connectivity index is 1.48. The molecule has 0 radical (unpaired) electrons. The van der Waals surface area contributed by atoms with Crippen LogP contribution in [0.1, 0.15) is 18.0 Å². The number of piperazine rings is 1. The second kappa shape index (κ2) is 7.19. The Labute approximate surface area is 159 Å². The molecule has 2 aliphatic rings. The topological polar surface area (TPSA) is 49.9 Å². The molecule has 0 aromatic heterocycles. The van der Waals surface area contributed by atoms with Crippen LogP contribution in [0.25, 0.3) is 0 Å². The van der Waals surface area contributed by atoms with Crippen molar-refractivity contribution < 1.29 is 13.2 Å². The zero-order valence-electron chi connectivity index (χ0n) is 14.3. The number of rotatable bonds is 3. The normalized spacial score (nSPS) is 21.8. The summed E-state index contributed by atoms with van der Waals surface area (Å²) in [5.74, 6) is 0.942. The van der Waals surface area contributed by atoms with Crippen molar-refractivity contribution >= 4 is 21.6 Å². The highest BCUT2D eigenvalue weighted by Gasteiger charge is 2.33. The second-order valence-electron chi connectivity index (χ2n) is 6.59. The Hall–Kier alpha value is -1.60. The van der Waals surface area contributed by atoms with E-state index in [2.05, 4.69) is 11.0 Å². The molecule has 26 heavy (non-hydrogen) atoms. The molecule has 138 valence electrons. The minimum absolute atomic E-state index is 0.259. The molecule has 2 aliphatic heterocycles. The summed E-state index contributed by atoms with van der Waals surface area (Å²) in [6, 6.07) is 14.9. The van der Waals surface area contributed by atoms with Crippen LogP contribution < -0.4 is 4.74 Å². The first-order valence-corrected chi connectivity index (χ1v) is 10.6. The minimum Gasteiger partial charge on any atom is -0.493 e. The molecule has 0 aliphatic carbocycles. The van der Waals surface area contributed by atoms with Crippen molar-refractivity contribution in [2.75, 3.05) is 32.8 Å². The van der Waals surface area contributed by atoms with Crippen molar-refractivity contribution in [2.24, 2.45) is 0 Å². The van der Waals surface area contributed by atoms with Gasteiger partial charge in [-0.05, 0) is 24.3 Å². The third-order valence-corrected chi connectivity index (χ3v) is 7.20. The van der Waals surface area contributed by atoms with Crippen LogP contribution in [-0.2, 0) is 10.0 Å². The first-order valence-electron chi connectivity index (χ1n) is 8.77. The molecule has 1 saturated heterocycles. The van der Waals surface area contributed by atoms with Gasteiger partial charge in [-0.25, -0.2) is 8.42 Å². The maximum absolute atomic E-state index is 12.8. The molecule has 5 nitrogen and oxygen atoms in total. The lowest BCUT2D eigenvalue weighted by atomic mass is 9.98. The Morgan fingerprint density at radius 1 is 1.00 bits per heavy atom. The second-order valence-corrected chi connectivity index (χ2v) is 8.96. The fourth-order valence-electron chi connectivity index (χ4n) is 3.73. The fourth-order valence-corrected chi connectivity index (χ4v) is 5.46. The lowest BCUT2D eigenvalue weighted by Gasteiger charge is -2.40. The van der Waals surface area contributed by atoms with Gasteiger partial charge in [0.1, 0.15) is 5.75 Å². The molecule has 0 N–H and O–H groups in total. The van der Waals surface area contributed by atoms with E-state index in [0.29, 0.717) is 37.8 Å². The molecule has 2 aromatic carbocycles. The summed E-state index contributed by atoms with van der Waals surface area (Å²) >= 11 is 5.96. The Kier molecular flexibility index (Phi) is 4.92. The average Bonchev–Trinajstić information content (AvgIpc) is 2.68. The summed E-state index contributed by atoms with van der Waals surface area (Å²) in [7, 11) is -3.50. The summed E-state index contributed by atoms with van der Waals surface area (Å²) in [5.41, 5.74) is 1.20. The zero-order valence-corrected chi connectivity index (χ0v) is 15.9. The summed E-state index contributed by atoms with van der Waals surface area (Å²) in [4.78, 5) is 2.63. The van der Waals surface area contributed by atoms with E-state index in [9.17, 15) is 8.42 Å². The van der Waals surface area contributed by atoms with Crippen LogP contribution in [0.5, 0.6) is 5.75 Å². The molecule has 0 bridgehead atoms. The molecular formula is C19H21ClN2O3S. The summed E-state index contributed by atoms with van der Waals surface area (Å²) in [6.07, 6.45) is 0.929. The summed E-state index contributed by atoms with van der Waals surface area (Å²) in [6.45, 7) is 3.07. The molecule has 0 amide bonds. The fraction of sp³-hybridized carbons (Fsp3) is 0.368. The van der Waals surface area contributed by atoms with Crippen LogP contribution in [0.2, 0.25) is 5.02 Å². The van der Waals surface area contributed by atoms with Crippen molar-refractivity contribution in [3.8, 4) is 5.75 Å². The van der Waals surface area contributed by atoms with Gasteiger partial charge in [-0.15, -0.1) is 0 Å². The van der Waals surface area contributed by atoms with Crippen LogP contribution >= 0.6 is 11.6 Å².